The lowest BCUT2D eigenvalue weighted by Crippen LogP contribution is -2.01. The zero-order chi connectivity index (χ0) is 17.1. The molecule has 0 amide bonds. The normalized spacial score (nSPS) is 11.6. The first-order valence-corrected chi connectivity index (χ1v) is 7.40. The van der Waals surface area contributed by atoms with Crippen LogP contribution >= 0.6 is 0 Å². The summed E-state index contributed by atoms with van der Waals surface area (Å²) in [5, 5.41) is 6.29. The molecular formula is C19H16F2N2O. The van der Waals surface area contributed by atoms with Crippen molar-refractivity contribution in [1.82, 2.24) is 0 Å². The minimum absolute atomic E-state index is 0.126. The fraction of sp³-hybridized carbons (Fsp3) is 0.105. The summed E-state index contributed by atoms with van der Waals surface area (Å²) in [5.41, 5.74) is 4.35. The van der Waals surface area contributed by atoms with Crippen LogP contribution in [-0.4, -0.2) is 12.8 Å². The van der Waals surface area contributed by atoms with Crippen molar-refractivity contribution < 1.29 is 13.5 Å². The van der Waals surface area contributed by atoms with E-state index in [1.807, 2.05) is 43.3 Å². The lowest BCUT2D eigenvalue weighted by atomic mass is 10.0. The Morgan fingerprint density at radius 3 is 2.46 bits per heavy atom. The van der Waals surface area contributed by atoms with Crippen LogP contribution in [0, 0.1) is 11.6 Å². The number of benzene rings is 3. The molecule has 3 aromatic rings. The summed E-state index contributed by atoms with van der Waals surface area (Å²) >= 11 is 0. The van der Waals surface area contributed by atoms with Crippen LogP contribution in [0.2, 0.25) is 0 Å². The number of fused-ring (bicyclic) bond motifs is 1. The first-order chi connectivity index (χ1) is 11.6. The molecule has 0 aliphatic heterocycles. The Balaban J connectivity index is 1.85. The molecule has 0 radical (unpaired) electrons. The Morgan fingerprint density at radius 2 is 1.71 bits per heavy atom. The molecule has 0 aliphatic carbocycles. The minimum atomic E-state index is -0.683. The van der Waals surface area contributed by atoms with Gasteiger partial charge < -0.3 is 4.74 Å². The van der Waals surface area contributed by atoms with E-state index in [-0.39, 0.29) is 5.69 Å². The molecule has 0 bridgehead atoms. The van der Waals surface area contributed by atoms with Crippen LogP contribution in [0.3, 0.4) is 0 Å². The van der Waals surface area contributed by atoms with Gasteiger partial charge in [0.1, 0.15) is 11.6 Å². The van der Waals surface area contributed by atoms with Gasteiger partial charge in [0.2, 0.25) is 0 Å². The van der Waals surface area contributed by atoms with E-state index in [4.69, 9.17) is 4.74 Å². The molecule has 0 saturated heterocycles. The number of nitrogens with one attached hydrogen (secondary N) is 1. The molecular weight excluding hydrogens is 310 g/mol. The Labute approximate surface area is 138 Å². The topological polar surface area (TPSA) is 33.6 Å². The third-order valence-corrected chi connectivity index (χ3v) is 3.74. The van der Waals surface area contributed by atoms with Gasteiger partial charge in [0, 0.05) is 6.07 Å². The highest BCUT2D eigenvalue weighted by atomic mass is 19.1. The van der Waals surface area contributed by atoms with Gasteiger partial charge in [-0.2, -0.15) is 5.10 Å². The van der Waals surface area contributed by atoms with Gasteiger partial charge in [0.15, 0.2) is 5.82 Å². The molecule has 0 fully saturated rings. The van der Waals surface area contributed by atoms with Crippen molar-refractivity contribution in [2.24, 2.45) is 5.10 Å². The maximum atomic E-state index is 13.6. The van der Waals surface area contributed by atoms with Crippen molar-refractivity contribution in [3.05, 3.63) is 71.8 Å². The molecule has 0 unspecified atom stereocenters. The molecule has 3 nitrogen and oxygen atoms in total. The van der Waals surface area contributed by atoms with Crippen LogP contribution in [0.1, 0.15) is 12.5 Å². The average molecular weight is 326 g/mol. The minimum Gasteiger partial charge on any atom is -0.497 e. The number of anilines is 1. The van der Waals surface area contributed by atoms with Crippen molar-refractivity contribution in [3.63, 3.8) is 0 Å². The molecule has 0 spiro atoms. The number of methoxy groups -OCH3 is 1. The van der Waals surface area contributed by atoms with Gasteiger partial charge in [-0.3, -0.25) is 5.43 Å². The molecule has 0 aromatic heterocycles. The van der Waals surface area contributed by atoms with Crippen molar-refractivity contribution in [2.75, 3.05) is 12.5 Å². The average Bonchev–Trinajstić information content (AvgIpc) is 2.59. The molecule has 122 valence electrons. The van der Waals surface area contributed by atoms with Crippen molar-refractivity contribution in [2.45, 2.75) is 6.92 Å². The largest absolute Gasteiger partial charge is 0.497 e. The number of hydrogen-bond acceptors (Lipinski definition) is 3. The summed E-state index contributed by atoms with van der Waals surface area (Å²) < 4.78 is 31.7. The molecule has 0 heterocycles. The molecule has 0 saturated carbocycles. The van der Waals surface area contributed by atoms with Crippen LogP contribution in [0.4, 0.5) is 14.5 Å². The van der Waals surface area contributed by atoms with Crippen LogP contribution in [0.25, 0.3) is 10.8 Å². The quantitative estimate of drug-likeness (QED) is 0.543. The Morgan fingerprint density at radius 1 is 0.958 bits per heavy atom. The third-order valence-electron chi connectivity index (χ3n) is 3.74. The number of hydrazone groups is 1. The molecule has 3 aromatic carbocycles. The van der Waals surface area contributed by atoms with Gasteiger partial charge in [-0.1, -0.05) is 18.2 Å². The monoisotopic (exact) mass is 326 g/mol. The van der Waals surface area contributed by atoms with Crippen LogP contribution in [-0.2, 0) is 0 Å². The fourth-order valence-corrected chi connectivity index (χ4v) is 2.36. The Bertz CT molecular complexity index is 922. The van der Waals surface area contributed by atoms with Gasteiger partial charge in [0.25, 0.3) is 0 Å². The van der Waals surface area contributed by atoms with Crippen LogP contribution < -0.4 is 10.2 Å². The maximum Gasteiger partial charge on any atom is 0.151 e. The van der Waals surface area contributed by atoms with E-state index < -0.39 is 11.6 Å². The smallest absolute Gasteiger partial charge is 0.151 e. The predicted octanol–water partition coefficient (Wildman–Crippen LogP) is 4.96. The van der Waals surface area contributed by atoms with Gasteiger partial charge in [-0.05, 0) is 53.6 Å². The highest BCUT2D eigenvalue weighted by Crippen LogP contribution is 2.22. The van der Waals surface area contributed by atoms with E-state index in [1.54, 1.807) is 7.11 Å². The first kappa shape index (κ1) is 15.9. The van der Waals surface area contributed by atoms with E-state index in [0.29, 0.717) is 5.71 Å². The maximum absolute atomic E-state index is 13.6. The number of rotatable bonds is 4. The van der Waals surface area contributed by atoms with Crippen molar-refractivity contribution in [1.29, 1.82) is 0 Å². The van der Waals surface area contributed by atoms with E-state index in [2.05, 4.69) is 10.5 Å². The van der Waals surface area contributed by atoms with Gasteiger partial charge in [-0.15, -0.1) is 0 Å². The summed E-state index contributed by atoms with van der Waals surface area (Å²) in [7, 11) is 1.63. The zero-order valence-corrected chi connectivity index (χ0v) is 13.3. The van der Waals surface area contributed by atoms with Gasteiger partial charge in [0.05, 0.1) is 18.5 Å². The predicted molar refractivity (Wildman–Crippen MR) is 92.7 cm³/mol. The van der Waals surface area contributed by atoms with Gasteiger partial charge >= 0.3 is 0 Å². The molecule has 3 rings (SSSR count). The Kier molecular flexibility index (Phi) is 4.42. The van der Waals surface area contributed by atoms with Gasteiger partial charge in [-0.25, -0.2) is 8.78 Å². The van der Waals surface area contributed by atoms with E-state index in [0.717, 1.165) is 28.2 Å². The summed E-state index contributed by atoms with van der Waals surface area (Å²) in [6.07, 6.45) is 0. The van der Waals surface area contributed by atoms with E-state index in [1.165, 1.54) is 12.1 Å². The highest BCUT2D eigenvalue weighted by molar-refractivity contribution is 6.02. The summed E-state index contributed by atoms with van der Waals surface area (Å²) in [6.45, 7) is 1.82. The second kappa shape index (κ2) is 6.66. The van der Waals surface area contributed by atoms with E-state index >= 15 is 0 Å². The molecule has 0 aliphatic rings. The number of nitrogens with zero attached hydrogens (tertiary/aromatic N) is 1. The molecule has 1 N–H and O–H groups in total. The lowest BCUT2D eigenvalue weighted by Gasteiger charge is -2.07. The summed E-state index contributed by atoms with van der Waals surface area (Å²) in [5.74, 6) is -0.505. The standard InChI is InChI=1S/C19H16F2N2O/c1-12(22-23-19-8-6-16(20)11-18(19)21)13-3-4-15-10-17(24-2)7-5-14(15)9-13/h3-11,23H,1-2H3/b22-12+. The molecule has 0 atom stereocenters. The van der Waals surface area contributed by atoms with Crippen LogP contribution in [0.5, 0.6) is 5.75 Å². The number of halogens is 2. The molecule has 5 heteroatoms. The summed E-state index contributed by atoms with van der Waals surface area (Å²) in [6, 6.07) is 15.0. The second-order valence-corrected chi connectivity index (χ2v) is 5.36. The Hall–Kier alpha value is -2.95. The zero-order valence-electron chi connectivity index (χ0n) is 13.3. The second-order valence-electron chi connectivity index (χ2n) is 5.36. The first-order valence-electron chi connectivity index (χ1n) is 7.40. The van der Waals surface area contributed by atoms with E-state index in [9.17, 15) is 8.78 Å². The molecule has 24 heavy (non-hydrogen) atoms. The highest BCUT2D eigenvalue weighted by Gasteiger charge is 2.04. The third kappa shape index (κ3) is 3.35. The fourth-order valence-electron chi connectivity index (χ4n) is 2.36. The lowest BCUT2D eigenvalue weighted by molar-refractivity contribution is 0.415. The number of hydrogen-bond donors (Lipinski definition) is 1. The summed E-state index contributed by atoms with van der Waals surface area (Å²) in [4.78, 5) is 0. The van der Waals surface area contributed by atoms with Crippen molar-refractivity contribution >= 4 is 22.2 Å². The van der Waals surface area contributed by atoms with Crippen LogP contribution in [0.15, 0.2) is 59.7 Å². The number of ether oxygens (including phenoxy) is 1. The SMILES string of the molecule is COc1ccc2cc(/C(C)=N/Nc3ccc(F)cc3F)ccc2c1. The van der Waals surface area contributed by atoms with Crippen molar-refractivity contribution in [3.8, 4) is 5.75 Å².